The topological polar surface area (TPSA) is 121 Å². The lowest BCUT2D eigenvalue weighted by Crippen LogP contribution is -2.25. The second-order valence-corrected chi connectivity index (χ2v) is 7.97. The highest BCUT2D eigenvalue weighted by atomic mass is 16.5. The molecule has 1 atom stereocenters. The van der Waals surface area contributed by atoms with Crippen LogP contribution in [0.1, 0.15) is 18.9 Å². The van der Waals surface area contributed by atoms with E-state index >= 15 is 0 Å². The van der Waals surface area contributed by atoms with E-state index in [2.05, 4.69) is 10.6 Å². The molecule has 0 aliphatic rings. The molecule has 0 saturated heterocycles. The first-order valence-corrected chi connectivity index (χ1v) is 10.9. The maximum Gasteiger partial charge on any atom is 0.325 e. The fourth-order valence-corrected chi connectivity index (χ4v) is 3.71. The highest BCUT2D eigenvalue weighted by molar-refractivity contribution is 6.08. The molecule has 0 bridgehead atoms. The van der Waals surface area contributed by atoms with Crippen molar-refractivity contribution in [2.75, 3.05) is 17.2 Å². The highest BCUT2D eigenvalue weighted by Gasteiger charge is 2.13. The number of benzene rings is 3. The Labute approximate surface area is 196 Å². The predicted molar refractivity (Wildman–Crippen MR) is 132 cm³/mol. The van der Waals surface area contributed by atoms with Crippen molar-refractivity contribution < 1.29 is 24.5 Å². The first-order valence-electron chi connectivity index (χ1n) is 10.9. The number of anilines is 3. The number of para-hydroxylation sites is 2. The number of hydrogen-bond acceptors (Lipinski definition) is 6. The number of rotatable bonds is 10. The van der Waals surface area contributed by atoms with Gasteiger partial charge in [-0.25, -0.2) is 4.98 Å². The largest absolute Gasteiger partial charge is 0.481 e. The van der Waals surface area contributed by atoms with Crippen LogP contribution >= 0.6 is 0 Å². The number of fused-ring (bicyclic) bond motifs is 2. The van der Waals surface area contributed by atoms with Gasteiger partial charge in [0.2, 0.25) is 0 Å². The van der Waals surface area contributed by atoms with Gasteiger partial charge in [0.25, 0.3) is 0 Å². The first kappa shape index (κ1) is 23.0. The summed E-state index contributed by atoms with van der Waals surface area (Å²) in [4.78, 5) is 26.9. The Kier molecular flexibility index (Phi) is 6.89. The summed E-state index contributed by atoms with van der Waals surface area (Å²) in [6.07, 6.45) is -0.0892. The Balaban J connectivity index is 1.72. The summed E-state index contributed by atoms with van der Waals surface area (Å²) in [5.74, 6) is -1.90. The van der Waals surface area contributed by atoms with Gasteiger partial charge in [0, 0.05) is 22.1 Å². The molecule has 0 radical (unpaired) electrons. The molecule has 1 unspecified atom stereocenters. The number of nitrogens with zero attached hydrogens (tertiary/aromatic N) is 1. The molecule has 1 aromatic heterocycles. The number of hydrogen-bond donors (Lipinski definition) is 4. The molecule has 34 heavy (non-hydrogen) atoms. The maximum absolute atomic E-state index is 11.4. The molecule has 4 N–H and O–H groups in total. The number of carbonyl (C=O) groups is 2. The van der Waals surface area contributed by atoms with Crippen LogP contribution in [0.4, 0.5) is 17.1 Å². The maximum atomic E-state index is 11.4. The Hall–Kier alpha value is -4.17. The molecule has 0 amide bonds. The van der Waals surface area contributed by atoms with Gasteiger partial charge in [-0.05, 0) is 42.8 Å². The van der Waals surface area contributed by atoms with Crippen molar-refractivity contribution in [2.24, 2.45) is 0 Å². The van der Waals surface area contributed by atoms with Crippen LogP contribution in [0, 0.1) is 0 Å². The van der Waals surface area contributed by atoms with Crippen LogP contribution in [-0.4, -0.2) is 39.8 Å². The van der Waals surface area contributed by atoms with Crippen molar-refractivity contribution in [2.45, 2.75) is 26.0 Å². The molecule has 174 valence electrons. The summed E-state index contributed by atoms with van der Waals surface area (Å²) in [5.41, 5.74) is 4.73. The summed E-state index contributed by atoms with van der Waals surface area (Å²) >= 11 is 0. The van der Waals surface area contributed by atoms with E-state index in [9.17, 15) is 14.7 Å². The number of nitrogens with one attached hydrogen (secondary N) is 2. The monoisotopic (exact) mass is 459 g/mol. The Morgan fingerprint density at radius 2 is 1.56 bits per heavy atom. The summed E-state index contributed by atoms with van der Waals surface area (Å²) in [6, 6.07) is 20.5. The second kappa shape index (κ2) is 10.2. The van der Waals surface area contributed by atoms with Gasteiger partial charge < -0.3 is 25.6 Å². The van der Waals surface area contributed by atoms with E-state index in [1.807, 2.05) is 60.7 Å². The van der Waals surface area contributed by atoms with Crippen LogP contribution < -0.4 is 10.6 Å². The summed E-state index contributed by atoms with van der Waals surface area (Å²) in [6.45, 7) is 1.84. The molecule has 0 aliphatic carbocycles. The molecule has 0 spiro atoms. The Morgan fingerprint density at radius 1 is 0.941 bits per heavy atom. The van der Waals surface area contributed by atoms with E-state index in [4.69, 9.17) is 14.8 Å². The molecule has 8 heteroatoms. The fraction of sp³-hybridized carbons (Fsp3) is 0.192. The highest BCUT2D eigenvalue weighted by Crippen LogP contribution is 2.34. The average Bonchev–Trinajstić information content (AvgIpc) is 2.81. The molecule has 8 nitrogen and oxygen atoms in total. The molecule has 0 aliphatic heterocycles. The van der Waals surface area contributed by atoms with Crippen molar-refractivity contribution >= 4 is 50.8 Å². The molecular formula is C26H25N3O5. The van der Waals surface area contributed by atoms with E-state index in [0.29, 0.717) is 5.69 Å². The van der Waals surface area contributed by atoms with Crippen LogP contribution in [0.2, 0.25) is 0 Å². The van der Waals surface area contributed by atoms with Crippen molar-refractivity contribution in [1.82, 2.24) is 4.98 Å². The number of pyridine rings is 1. The van der Waals surface area contributed by atoms with Gasteiger partial charge in [-0.2, -0.15) is 0 Å². The SMILES string of the molecule is CC(Nc1cc(COCCC(=O)O)cc(Nc2c3ccccc3nc3ccccc23)c1)C(=O)O. The van der Waals surface area contributed by atoms with E-state index in [1.165, 1.54) is 0 Å². The molecule has 4 aromatic rings. The fourth-order valence-electron chi connectivity index (χ4n) is 3.71. The molecule has 3 aromatic carbocycles. The molecule has 0 saturated carbocycles. The average molecular weight is 460 g/mol. The van der Waals surface area contributed by atoms with E-state index < -0.39 is 18.0 Å². The lowest BCUT2D eigenvalue weighted by atomic mass is 10.1. The van der Waals surface area contributed by atoms with Gasteiger partial charge in [0.1, 0.15) is 6.04 Å². The predicted octanol–water partition coefficient (Wildman–Crippen LogP) is 5.01. The van der Waals surface area contributed by atoms with E-state index in [0.717, 1.165) is 38.7 Å². The van der Waals surface area contributed by atoms with Gasteiger partial charge >= 0.3 is 11.9 Å². The van der Waals surface area contributed by atoms with Gasteiger partial charge in [-0.1, -0.05) is 36.4 Å². The van der Waals surface area contributed by atoms with Crippen molar-refractivity contribution in [3.8, 4) is 0 Å². The smallest absolute Gasteiger partial charge is 0.325 e. The van der Waals surface area contributed by atoms with E-state index in [-0.39, 0.29) is 19.6 Å². The van der Waals surface area contributed by atoms with Crippen molar-refractivity contribution in [3.05, 3.63) is 72.3 Å². The van der Waals surface area contributed by atoms with Gasteiger partial charge in [-0.3, -0.25) is 9.59 Å². The molecular weight excluding hydrogens is 434 g/mol. The standard InChI is InChI=1S/C26H25N3O5/c1-16(26(32)33)27-18-12-17(15-34-11-10-24(30)31)13-19(14-18)28-25-20-6-2-4-8-22(20)29-23-9-5-3-7-21(23)25/h2-9,12-14,16,27H,10-11,15H2,1H3,(H,28,29)(H,30,31)(H,32,33). The third-order valence-corrected chi connectivity index (χ3v) is 5.33. The third-order valence-electron chi connectivity index (χ3n) is 5.33. The summed E-state index contributed by atoms with van der Waals surface area (Å²) in [5, 5.41) is 26.5. The number of aromatic nitrogens is 1. The lowest BCUT2D eigenvalue weighted by Gasteiger charge is -2.17. The summed E-state index contributed by atoms with van der Waals surface area (Å²) in [7, 11) is 0. The third kappa shape index (κ3) is 5.41. The zero-order valence-electron chi connectivity index (χ0n) is 18.6. The van der Waals surface area contributed by atoms with Crippen LogP contribution in [0.5, 0.6) is 0 Å². The Bertz CT molecular complexity index is 1300. The quantitative estimate of drug-likeness (QED) is 0.193. The zero-order valence-corrected chi connectivity index (χ0v) is 18.6. The summed E-state index contributed by atoms with van der Waals surface area (Å²) < 4.78 is 5.52. The Morgan fingerprint density at radius 3 is 2.18 bits per heavy atom. The minimum atomic E-state index is -0.969. The number of ether oxygens (including phenoxy) is 1. The minimum absolute atomic E-state index is 0.0842. The van der Waals surface area contributed by atoms with Gasteiger partial charge in [-0.15, -0.1) is 0 Å². The molecule has 1 heterocycles. The van der Waals surface area contributed by atoms with Crippen LogP contribution in [0.25, 0.3) is 21.8 Å². The van der Waals surface area contributed by atoms with Crippen LogP contribution in [0.3, 0.4) is 0 Å². The lowest BCUT2D eigenvalue weighted by molar-refractivity contribution is -0.139. The van der Waals surface area contributed by atoms with Crippen LogP contribution in [-0.2, 0) is 20.9 Å². The van der Waals surface area contributed by atoms with Gasteiger partial charge in [0.05, 0.1) is 36.4 Å². The molecule has 4 rings (SSSR count). The number of carboxylic acid groups (broad SMARTS) is 2. The first-order chi connectivity index (χ1) is 16.4. The molecule has 0 fully saturated rings. The van der Waals surface area contributed by atoms with Crippen molar-refractivity contribution in [1.29, 1.82) is 0 Å². The van der Waals surface area contributed by atoms with Crippen molar-refractivity contribution in [3.63, 3.8) is 0 Å². The van der Waals surface area contributed by atoms with Crippen LogP contribution in [0.15, 0.2) is 66.7 Å². The zero-order chi connectivity index (χ0) is 24.1. The minimum Gasteiger partial charge on any atom is -0.481 e. The second-order valence-electron chi connectivity index (χ2n) is 7.97. The van der Waals surface area contributed by atoms with E-state index in [1.54, 1.807) is 13.0 Å². The number of aliphatic carboxylic acids is 2. The van der Waals surface area contributed by atoms with Gasteiger partial charge in [0.15, 0.2) is 0 Å². The number of carboxylic acids is 2. The normalized spacial score (nSPS) is 11.9.